The van der Waals surface area contributed by atoms with Crippen LogP contribution in [0.25, 0.3) is 10.9 Å². The smallest absolute Gasteiger partial charge is 0.152 e. The lowest BCUT2D eigenvalue weighted by Gasteiger charge is -2.35. The molecule has 0 fully saturated rings. The van der Waals surface area contributed by atoms with Crippen molar-refractivity contribution in [3.63, 3.8) is 0 Å². The van der Waals surface area contributed by atoms with E-state index in [1.54, 1.807) is 13.0 Å². The van der Waals surface area contributed by atoms with E-state index >= 15 is 0 Å². The van der Waals surface area contributed by atoms with Gasteiger partial charge in [0.2, 0.25) is 0 Å². The molecule has 2 aromatic carbocycles. The molecule has 31 heavy (non-hydrogen) atoms. The Balaban J connectivity index is 1.92. The first kappa shape index (κ1) is 21.5. The fourth-order valence-electron chi connectivity index (χ4n) is 3.90. The predicted octanol–water partition coefficient (Wildman–Crippen LogP) is 4.52. The molecule has 0 aliphatic rings. The van der Waals surface area contributed by atoms with E-state index in [1.807, 2.05) is 6.92 Å². The van der Waals surface area contributed by atoms with Crippen LogP contribution in [0, 0.1) is 17.5 Å². The van der Waals surface area contributed by atoms with Crippen molar-refractivity contribution in [1.29, 1.82) is 0 Å². The van der Waals surface area contributed by atoms with Gasteiger partial charge < -0.3 is 5.11 Å². The fourth-order valence-corrected chi connectivity index (χ4v) is 4.33. The number of benzene rings is 2. The van der Waals surface area contributed by atoms with Gasteiger partial charge in [-0.1, -0.05) is 28.9 Å². The normalized spacial score (nSPS) is 14.7. The number of nitrogens with zero attached hydrogens (tertiary/aromatic N) is 5. The van der Waals surface area contributed by atoms with Crippen molar-refractivity contribution in [2.75, 3.05) is 0 Å². The molecule has 0 saturated carbocycles. The maximum absolute atomic E-state index is 14.8. The average Bonchev–Trinajstić information content (AvgIpc) is 3.34. The number of hydrogen-bond donors (Lipinski definition) is 1. The first-order chi connectivity index (χ1) is 14.7. The van der Waals surface area contributed by atoms with Gasteiger partial charge in [-0.3, -0.25) is 4.68 Å². The predicted molar refractivity (Wildman–Crippen MR) is 112 cm³/mol. The Labute approximate surface area is 184 Å². The van der Waals surface area contributed by atoms with Gasteiger partial charge in [0.05, 0.1) is 12.6 Å². The maximum Gasteiger partial charge on any atom is 0.152 e. The number of rotatable bonds is 6. The van der Waals surface area contributed by atoms with Gasteiger partial charge >= 0.3 is 0 Å². The summed E-state index contributed by atoms with van der Waals surface area (Å²) in [7, 11) is 0. The molecule has 0 unspecified atom stereocenters. The monoisotopic (exact) mass is 493 g/mol. The minimum Gasteiger partial charge on any atom is -0.381 e. The first-order valence-corrected chi connectivity index (χ1v) is 10.4. The van der Waals surface area contributed by atoms with E-state index in [-0.39, 0.29) is 17.6 Å². The Morgan fingerprint density at radius 1 is 1.16 bits per heavy atom. The summed E-state index contributed by atoms with van der Waals surface area (Å²) in [6.45, 7) is 3.35. The van der Waals surface area contributed by atoms with Crippen LogP contribution in [0.4, 0.5) is 13.2 Å². The second-order valence-electron chi connectivity index (χ2n) is 7.35. The van der Waals surface area contributed by atoms with Crippen LogP contribution in [-0.2, 0) is 18.6 Å². The van der Waals surface area contributed by atoms with Crippen LogP contribution in [0.15, 0.2) is 47.5 Å². The fraction of sp³-hybridized carbons (Fsp3) is 0.286. The van der Waals surface area contributed by atoms with E-state index in [2.05, 4.69) is 31.1 Å². The highest BCUT2D eigenvalue weighted by atomic mass is 79.9. The molecule has 162 valence electrons. The molecule has 4 rings (SSSR count). The second kappa shape index (κ2) is 8.08. The minimum atomic E-state index is -1.90. The van der Waals surface area contributed by atoms with E-state index < -0.39 is 29.1 Å². The van der Waals surface area contributed by atoms with E-state index in [0.717, 1.165) is 6.07 Å². The Kier molecular flexibility index (Phi) is 5.61. The summed E-state index contributed by atoms with van der Waals surface area (Å²) in [6.07, 6.45) is 3.16. The SMILES string of the molecule is CCc1c2cc(Br)cc(F)c2nn1[C@H](C)[C@](O)(Cn1cncn1)c1ccc(F)cc1F. The van der Waals surface area contributed by atoms with E-state index in [9.17, 15) is 18.3 Å². The molecule has 6 nitrogen and oxygen atoms in total. The van der Waals surface area contributed by atoms with Gasteiger partial charge in [0, 0.05) is 27.2 Å². The van der Waals surface area contributed by atoms with Gasteiger partial charge in [0.15, 0.2) is 5.82 Å². The van der Waals surface area contributed by atoms with Gasteiger partial charge in [-0.25, -0.2) is 22.8 Å². The summed E-state index contributed by atoms with van der Waals surface area (Å²) >= 11 is 3.30. The molecule has 2 heterocycles. The molecule has 2 aromatic heterocycles. The Morgan fingerprint density at radius 3 is 2.58 bits per heavy atom. The van der Waals surface area contributed by atoms with Crippen molar-refractivity contribution < 1.29 is 18.3 Å². The molecule has 0 aliphatic carbocycles. The molecule has 0 radical (unpaired) electrons. The third-order valence-corrected chi connectivity index (χ3v) is 5.94. The van der Waals surface area contributed by atoms with Crippen molar-refractivity contribution >= 4 is 26.8 Å². The van der Waals surface area contributed by atoms with Crippen LogP contribution in [0.3, 0.4) is 0 Å². The lowest BCUT2D eigenvalue weighted by molar-refractivity contribution is -0.0374. The molecule has 4 aromatic rings. The van der Waals surface area contributed by atoms with Gasteiger partial charge in [0.25, 0.3) is 0 Å². The summed E-state index contributed by atoms with van der Waals surface area (Å²) in [5, 5.41) is 20.8. The van der Waals surface area contributed by atoms with Crippen LogP contribution >= 0.6 is 15.9 Å². The van der Waals surface area contributed by atoms with Crippen molar-refractivity contribution in [1.82, 2.24) is 24.5 Å². The molecule has 0 spiro atoms. The molecule has 10 heteroatoms. The Hall–Kier alpha value is -2.72. The zero-order valence-corrected chi connectivity index (χ0v) is 18.3. The molecule has 1 N–H and O–H groups in total. The van der Waals surface area contributed by atoms with Crippen molar-refractivity contribution in [3.05, 3.63) is 76.2 Å². The summed E-state index contributed by atoms with van der Waals surface area (Å²) < 4.78 is 46.4. The van der Waals surface area contributed by atoms with Crippen molar-refractivity contribution in [3.8, 4) is 0 Å². The average molecular weight is 494 g/mol. The third-order valence-electron chi connectivity index (χ3n) is 5.48. The van der Waals surface area contributed by atoms with Crippen LogP contribution in [-0.4, -0.2) is 29.7 Å². The lowest BCUT2D eigenvalue weighted by atomic mass is 9.86. The quantitative estimate of drug-likeness (QED) is 0.428. The number of hydrogen-bond acceptors (Lipinski definition) is 4. The van der Waals surface area contributed by atoms with Crippen LogP contribution < -0.4 is 0 Å². The second-order valence-corrected chi connectivity index (χ2v) is 8.26. The first-order valence-electron chi connectivity index (χ1n) is 9.61. The van der Waals surface area contributed by atoms with Crippen molar-refractivity contribution in [2.24, 2.45) is 0 Å². The Morgan fingerprint density at radius 2 is 1.94 bits per heavy atom. The van der Waals surface area contributed by atoms with Crippen LogP contribution in [0.1, 0.15) is 31.1 Å². The van der Waals surface area contributed by atoms with E-state index in [0.29, 0.717) is 28.0 Å². The van der Waals surface area contributed by atoms with Crippen molar-refractivity contribution in [2.45, 2.75) is 38.5 Å². The van der Waals surface area contributed by atoms with Gasteiger partial charge in [0.1, 0.15) is 35.4 Å². The number of aryl methyl sites for hydroxylation is 1. The zero-order valence-electron chi connectivity index (χ0n) is 16.7. The highest BCUT2D eigenvalue weighted by Crippen LogP contribution is 2.39. The molecular formula is C21H19BrF3N5O. The largest absolute Gasteiger partial charge is 0.381 e. The summed E-state index contributed by atoms with van der Waals surface area (Å²) in [5.74, 6) is -2.18. The highest BCUT2D eigenvalue weighted by molar-refractivity contribution is 9.10. The molecule has 0 saturated heterocycles. The van der Waals surface area contributed by atoms with Gasteiger partial charge in [-0.05, 0) is 31.5 Å². The molecule has 0 aliphatic heterocycles. The van der Waals surface area contributed by atoms with Gasteiger partial charge in [-0.15, -0.1) is 0 Å². The minimum absolute atomic E-state index is 0.125. The topological polar surface area (TPSA) is 68.8 Å². The molecule has 0 bridgehead atoms. The number of halogens is 4. The lowest BCUT2D eigenvalue weighted by Crippen LogP contribution is -2.41. The number of aliphatic hydroxyl groups is 1. The molecule has 2 atom stereocenters. The number of aromatic nitrogens is 5. The summed E-state index contributed by atoms with van der Waals surface area (Å²) in [6, 6.07) is 5.19. The number of fused-ring (bicyclic) bond motifs is 1. The van der Waals surface area contributed by atoms with E-state index in [1.165, 1.54) is 34.2 Å². The summed E-state index contributed by atoms with van der Waals surface area (Å²) in [5.41, 5.74) is -1.21. The standard InChI is InChI=1S/C21H19BrF3N5O/c1-3-19-15-6-13(22)7-18(25)20(15)28-30(19)12(2)21(31,9-29-11-26-10-27-29)16-5-4-14(23)8-17(16)24/h4-8,10-12,31H,3,9H2,1-2H3/t12-,21-/m1/s1. The van der Waals surface area contributed by atoms with Crippen LogP contribution in [0.2, 0.25) is 0 Å². The van der Waals surface area contributed by atoms with Crippen LogP contribution in [0.5, 0.6) is 0 Å². The third kappa shape index (κ3) is 3.74. The zero-order chi connectivity index (χ0) is 22.3. The Bertz CT molecular complexity index is 1240. The molecular weight excluding hydrogens is 475 g/mol. The highest BCUT2D eigenvalue weighted by Gasteiger charge is 2.41. The van der Waals surface area contributed by atoms with E-state index in [4.69, 9.17) is 0 Å². The maximum atomic E-state index is 14.8. The van der Waals surface area contributed by atoms with Gasteiger partial charge in [-0.2, -0.15) is 10.2 Å². The molecule has 0 amide bonds. The summed E-state index contributed by atoms with van der Waals surface area (Å²) in [4.78, 5) is 3.87.